The Morgan fingerprint density at radius 1 is 0.941 bits per heavy atom. The number of hydrogen-bond donors (Lipinski definition) is 0. The van der Waals surface area contributed by atoms with Crippen molar-refractivity contribution < 1.29 is 65.4 Å². The summed E-state index contributed by atoms with van der Waals surface area (Å²) in [6.45, 7) is 0. The predicted octanol–water partition coefficient (Wildman–Crippen LogP) is -1.07. The monoisotopic (exact) mass is 270 g/mol. The first-order chi connectivity index (χ1) is 7.68. The van der Waals surface area contributed by atoms with Crippen LogP contribution in [0.4, 0.5) is 0 Å². The zero-order valence-corrected chi connectivity index (χ0v) is 13.3. The summed E-state index contributed by atoms with van der Waals surface area (Å²) in [5.41, 5.74) is 1.53. The van der Waals surface area contributed by atoms with Crippen molar-refractivity contribution in [1.82, 2.24) is 0 Å². The quantitative estimate of drug-likeness (QED) is 0.452. The van der Waals surface area contributed by atoms with Crippen LogP contribution in [0, 0.1) is 0 Å². The molecule has 2 aromatic rings. The standard InChI is InChI=1S/C12H9O3P.K/c13-16(14)12-8-4-2-6-10(12)9-5-1-3-7-11(9)15-16;/h1-8H,(H,13,14);/q;+1/p-1. The Bertz CT molecular complexity index is 612. The van der Waals surface area contributed by atoms with Crippen LogP contribution in [0.15, 0.2) is 48.5 Å². The minimum absolute atomic E-state index is 0. The van der Waals surface area contributed by atoms with Gasteiger partial charge < -0.3 is 9.42 Å². The van der Waals surface area contributed by atoms with E-state index in [1.54, 1.807) is 30.3 Å². The summed E-state index contributed by atoms with van der Waals surface area (Å²) in [4.78, 5) is 11.8. The smallest absolute Gasteiger partial charge is 0.765 e. The minimum atomic E-state index is -3.96. The molecule has 80 valence electrons. The number of benzene rings is 2. The summed E-state index contributed by atoms with van der Waals surface area (Å²) in [5, 5.41) is 0.258. The molecular formula is C12H8KO3P. The molecule has 0 amide bonds. The molecule has 0 saturated carbocycles. The van der Waals surface area contributed by atoms with Crippen molar-refractivity contribution in [3.63, 3.8) is 0 Å². The normalized spacial score (nSPS) is 20.5. The van der Waals surface area contributed by atoms with E-state index in [0.717, 1.165) is 5.56 Å². The number of para-hydroxylation sites is 1. The van der Waals surface area contributed by atoms with Gasteiger partial charge in [0.2, 0.25) is 7.60 Å². The van der Waals surface area contributed by atoms with Crippen LogP contribution in [0.25, 0.3) is 11.1 Å². The van der Waals surface area contributed by atoms with Crippen LogP contribution in [0.2, 0.25) is 0 Å². The molecule has 3 rings (SSSR count). The van der Waals surface area contributed by atoms with Crippen LogP contribution in [0.5, 0.6) is 5.75 Å². The van der Waals surface area contributed by atoms with Gasteiger partial charge in [0.25, 0.3) is 0 Å². The average molecular weight is 270 g/mol. The summed E-state index contributed by atoms with van der Waals surface area (Å²) in [7, 11) is -3.96. The molecule has 0 saturated heterocycles. The van der Waals surface area contributed by atoms with Gasteiger partial charge in [0, 0.05) is 10.9 Å². The van der Waals surface area contributed by atoms with Gasteiger partial charge in [-0.3, -0.25) is 4.57 Å². The molecule has 2 aromatic carbocycles. The molecule has 0 fully saturated rings. The maximum absolute atomic E-state index is 11.8. The summed E-state index contributed by atoms with van der Waals surface area (Å²) in [6, 6.07) is 14.0. The van der Waals surface area contributed by atoms with E-state index in [9.17, 15) is 9.46 Å². The van der Waals surface area contributed by atoms with Crippen molar-refractivity contribution >= 4 is 12.9 Å². The second-order valence-electron chi connectivity index (χ2n) is 3.60. The zero-order chi connectivity index (χ0) is 11.2. The third-order valence-corrected chi connectivity index (χ3v) is 4.01. The van der Waals surface area contributed by atoms with Gasteiger partial charge in [0.05, 0.1) is 0 Å². The van der Waals surface area contributed by atoms with E-state index in [0.29, 0.717) is 11.3 Å². The first kappa shape index (κ1) is 13.5. The van der Waals surface area contributed by atoms with E-state index in [1.807, 2.05) is 18.2 Å². The van der Waals surface area contributed by atoms with Crippen LogP contribution in [-0.4, -0.2) is 0 Å². The van der Waals surface area contributed by atoms with Gasteiger partial charge in [-0.25, -0.2) is 0 Å². The Morgan fingerprint density at radius 2 is 1.53 bits per heavy atom. The van der Waals surface area contributed by atoms with E-state index in [2.05, 4.69) is 0 Å². The van der Waals surface area contributed by atoms with Gasteiger partial charge in [0.1, 0.15) is 5.75 Å². The number of fused-ring (bicyclic) bond motifs is 3. The fourth-order valence-electron chi connectivity index (χ4n) is 1.89. The maximum atomic E-state index is 11.8. The van der Waals surface area contributed by atoms with E-state index < -0.39 is 7.60 Å². The van der Waals surface area contributed by atoms with Crippen molar-refractivity contribution in [2.75, 3.05) is 0 Å². The molecule has 5 heteroatoms. The number of hydrogen-bond acceptors (Lipinski definition) is 3. The largest absolute Gasteiger partial charge is 1.00 e. The summed E-state index contributed by atoms with van der Waals surface area (Å²) >= 11 is 0. The van der Waals surface area contributed by atoms with Crippen LogP contribution in [0.3, 0.4) is 0 Å². The molecule has 0 radical (unpaired) electrons. The molecule has 0 bridgehead atoms. The van der Waals surface area contributed by atoms with Gasteiger partial charge in [-0.15, -0.1) is 0 Å². The van der Waals surface area contributed by atoms with Crippen molar-refractivity contribution in [1.29, 1.82) is 0 Å². The zero-order valence-electron chi connectivity index (χ0n) is 9.29. The fourth-order valence-corrected chi connectivity index (χ4v) is 3.16. The van der Waals surface area contributed by atoms with E-state index >= 15 is 0 Å². The SMILES string of the molecule is O=P1([O-])Oc2ccccc2-c2ccccc21.[K+]. The van der Waals surface area contributed by atoms with Crippen LogP contribution in [0.1, 0.15) is 0 Å². The van der Waals surface area contributed by atoms with Crippen LogP contribution >= 0.6 is 7.60 Å². The van der Waals surface area contributed by atoms with Crippen molar-refractivity contribution in [2.45, 2.75) is 0 Å². The van der Waals surface area contributed by atoms with Gasteiger partial charge in [0.15, 0.2) is 0 Å². The molecule has 0 spiro atoms. The summed E-state index contributed by atoms with van der Waals surface area (Å²) < 4.78 is 16.9. The molecular weight excluding hydrogens is 262 g/mol. The van der Waals surface area contributed by atoms with Gasteiger partial charge in [-0.05, 0) is 17.7 Å². The van der Waals surface area contributed by atoms with Gasteiger partial charge >= 0.3 is 51.4 Å². The Kier molecular flexibility index (Phi) is 3.95. The molecule has 1 aliphatic rings. The Morgan fingerprint density at radius 3 is 2.29 bits per heavy atom. The molecule has 3 nitrogen and oxygen atoms in total. The molecule has 1 unspecified atom stereocenters. The van der Waals surface area contributed by atoms with E-state index in [1.165, 1.54) is 0 Å². The van der Waals surface area contributed by atoms with Crippen molar-refractivity contribution in [3.8, 4) is 16.9 Å². The van der Waals surface area contributed by atoms with Crippen molar-refractivity contribution in [3.05, 3.63) is 48.5 Å². The average Bonchev–Trinajstić information content (AvgIpc) is 2.29. The van der Waals surface area contributed by atoms with E-state index in [-0.39, 0.29) is 56.7 Å². The molecule has 1 aliphatic heterocycles. The second kappa shape index (κ2) is 4.98. The number of rotatable bonds is 0. The second-order valence-corrected chi connectivity index (χ2v) is 5.26. The minimum Gasteiger partial charge on any atom is -0.765 e. The molecule has 1 heterocycles. The van der Waals surface area contributed by atoms with Crippen LogP contribution in [-0.2, 0) is 4.57 Å². The molecule has 17 heavy (non-hydrogen) atoms. The molecule has 0 N–H and O–H groups in total. The first-order valence-electron chi connectivity index (χ1n) is 4.88. The van der Waals surface area contributed by atoms with Crippen molar-refractivity contribution in [2.24, 2.45) is 0 Å². The summed E-state index contributed by atoms with van der Waals surface area (Å²) in [5.74, 6) is 0.402. The predicted molar refractivity (Wildman–Crippen MR) is 59.7 cm³/mol. The molecule has 1 atom stereocenters. The maximum Gasteiger partial charge on any atom is 1.00 e. The Labute approximate surface area is 142 Å². The third kappa shape index (κ3) is 2.31. The van der Waals surface area contributed by atoms with Gasteiger partial charge in [-0.2, -0.15) is 0 Å². The Balaban J connectivity index is 0.00000108. The topological polar surface area (TPSA) is 49.4 Å². The van der Waals surface area contributed by atoms with Gasteiger partial charge in [-0.1, -0.05) is 36.4 Å². The third-order valence-electron chi connectivity index (χ3n) is 2.59. The fraction of sp³-hybridized carbons (Fsp3) is 0. The first-order valence-corrected chi connectivity index (χ1v) is 6.42. The van der Waals surface area contributed by atoms with E-state index in [4.69, 9.17) is 4.52 Å². The Hall–Kier alpha value is 0.0664. The molecule has 0 aromatic heterocycles. The molecule has 0 aliphatic carbocycles. The van der Waals surface area contributed by atoms with Crippen LogP contribution < -0.4 is 66.1 Å². The summed E-state index contributed by atoms with van der Waals surface area (Å²) in [6.07, 6.45) is 0.